The van der Waals surface area contributed by atoms with Gasteiger partial charge in [0.25, 0.3) is 0 Å². The molecule has 1 fully saturated rings. The molecular weight excluding hydrogens is 1020 g/mol. The minimum absolute atomic E-state index is 0.00238. The molecule has 4 heterocycles. The van der Waals surface area contributed by atoms with Crippen LogP contribution in [0.15, 0.2) is 145 Å². The number of aromatic nitrogens is 2. The molecule has 5 aliphatic rings. The van der Waals surface area contributed by atoms with Gasteiger partial charge in [0.15, 0.2) is 11.5 Å². The van der Waals surface area contributed by atoms with Crippen LogP contribution in [-0.4, -0.2) is 73.8 Å². The first-order chi connectivity index (χ1) is 39.1. The lowest BCUT2D eigenvalue weighted by atomic mass is 9.61. The number of methoxy groups -OCH3 is 1. The van der Waals surface area contributed by atoms with Gasteiger partial charge >= 0.3 is 5.97 Å². The zero-order chi connectivity index (χ0) is 56.6. The van der Waals surface area contributed by atoms with Crippen LogP contribution in [0.1, 0.15) is 131 Å². The summed E-state index contributed by atoms with van der Waals surface area (Å²) in [5.74, 6) is 7.09. The number of esters is 1. The minimum atomic E-state index is -1.14. The van der Waals surface area contributed by atoms with Crippen molar-refractivity contribution in [3.63, 3.8) is 0 Å². The van der Waals surface area contributed by atoms with Crippen LogP contribution in [0.25, 0.3) is 10.8 Å². The number of carbonyl (C=O) groups excluding carboxylic acids is 3. The van der Waals surface area contributed by atoms with Crippen molar-refractivity contribution in [3.05, 3.63) is 173 Å². The summed E-state index contributed by atoms with van der Waals surface area (Å²) < 4.78 is 20.2. The molecule has 6 N–H and O–H groups in total. The van der Waals surface area contributed by atoms with Crippen LogP contribution in [0.3, 0.4) is 0 Å². The lowest BCUT2D eigenvalue weighted by Crippen LogP contribution is -2.36. The Morgan fingerprint density at radius 1 is 0.901 bits per heavy atom. The molecule has 1 saturated carbocycles. The molecular formula is C67H70N4O10. The van der Waals surface area contributed by atoms with Crippen LogP contribution in [-0.2, 0) is 31.1 Å². The maximum Gasteiger partial charge on any atom is 0.302 e. The third-order valence-electron chi connectivity index (χ3n) is 17.5. The van der Waals surface area contributed by atoms with Gasteiger partial charge in [0.05, 0.1) is 30.4 Å². The number of dihydropyridines is 1. The van der Waals surface area contributed by atoms with E-state index < -0.39 is 29.1 Å². The summed E-state index contributed by atoms with van der Waals surface area (Å²) in [5, 5.41) is 51.1. The molecule has 14 heteroatoms. The number of Topliss-reactive ketones (excluding diaryl/α,β-unsaturated/α-hetero) is 2. The van der Waals surface area contributed by atoms with E-state index in [4.69, 9.17) is 14.2 Å². The number of H-pyrrole nitrogens is 1. The maximum atomic E-state index is 15.2. The number of aromatic hydroxyl groups is 3. The Balaban J connectivity index is 1.14. The number of fused-ring (bicyclic) bond motifs is 2. The number of carbonyl (C=O) groups is 3. The van der Waals surface area contributed by atoms with E-state index in [1.807, 2.05) is 47.3 Å². The summed E-state index contributed by atoms with van der Waals surface area (Å²) in [7, 11) is 1.46. The Bertz CT molecular complexity index is 3620. The van der Waals surface area contributed by atoms with Gasteiger partial charge in [-0.2, -0.15) is 0 Å². The van der Waals surface area contributed by atoms with Gasteiger partial charge in [0.1, 0.15) is 40.7 Å². The van der Waals surface area contributed by atoms with Gasteiger partial charge in [-0.3, -0.25) is 14.4 Å². The number of hydrogen-bond acceptors (Lipinski definition) is 12. The largest absolute Gasteiger partial charge is 0.508 e. The summed E-state index contributed by atoms with van der Waals surface area (Å²) in [6, 6.07) is 20.1. The quantitative estimate of drug-likeness (QED) is 0.0562. The molecule has 2 aromatic heterocycles. The molecule has 6 atom stereocenters. The van der Waals surface area contributed by atoms with Gasteiger partial charge in [-0.05, 0) is 127 Å². The number of nitrogens with one attached hydrogen (secondary N) is 2. The number of allylic oxidation sites excluding steroid dienone is 6. The molecule has 2 aliphatic heterocycles. The van der Waals surface area contributed by atoms with E-state index in [9.17, 15) is 30.0 Å². The number of hydrogen-bond donors (Lipinski definition) is 6. The van der Waals surface area contributed by atoms with Crippen LogP contribution in [0.4, 0.5) is 5.69 Å². The van der Waals surface area contributed by atoms with Crippen molar-refractivity contribution in [1.29, 1.82) is 0 Å². The fourth-order valence-corrected chi connectivity index (χ4v) is 13.4. The number of nitrogens with zero attached hydrogens (tertiary/aromatic N) is 2. The second-order valence-corrected chi connectivity index (χ2v) is 22.7. The van der Waals surface area contributed by atoms with Gasteiger partial charge in [0.2, 0.25) is 5.75 Å². The number of anilines is 1. The van der Waals surface area contributed by atoms with E-state index in [1.165, 1.54) is 26.2 Å². The van der Waals surface area contributed by atoms with Crippen molar-refractivity contribution in [2.45, 2.75) is 121 Å². The van der Waals surface area contributed by atoms with Crippen LogP contribution in [0, 0.1) is 23.2 Å². The number of rotatable bonds is 10. The predicted molar refractivity (Wildman–Crippen MR) is 310 cm³/mol. The Labute approximate surface area is 472 Å². The van der Waals surface area contributed by atoms with E-state index in [2.05, 4.69) is 76.7 Å². The number of ketones is 2. The lowest BCUT2D eigenvalue weighted by Gasteiger charge is -2.43. The molecule has 14 nitrogen and oxygen atoms in total. The molecule has 0 saturated heterocycles. The lowest BCUT2D eigenvalue weighted by molar-refractivity contribution is -0.148. The van der Waals surface area contributed by atoms with Gasteiger partial charge in [-0.15, -0.1) is 0 Å². The van der Waals surface area contributed by atoms with Crippen LogP contribution < -0.4 is 19.7 Å². The molecule has 3 aliphatic carbocycles. The molecule has 0 amide bonds. The second kappa shape index (κ2) is 22.6. The Hall–Kier alpha value is -8.41. The Morgan fingerprint density at radius 3 is 2.46 bits per heavy atom. The first-order valence-electron chi connectivity index (χ1n) is 28.3. The van der Waals surface area contributed by atoms with E-state index in [0.29, 0.717) is 57.2 Å². The maximum absolute atomic E-state index is 15.2. The standard InChI is InChI=1S/C67H70N4O10/c1-41-11-7-13-48-14-9-18-54-55-38-68-37-47(55)36-66(41,48)26-21-53(80-43(3)73)34-51(76)35-60(46-30-61(77)65(62(31-46)79-4)81-52-17-10-16-50(75)33-52)70-39-56-57(40-70)59(20-19-58(56)67(78)24-5-6-25-67)71(28-23-42(2)72)63-32-45(22-27-69-63)64(54)44-12-8-15-49(74)29-44/h7-8,10-13,15-17,19-20,22,29-33,37-41,53-54,60,64,68-69,74-75,77-78H,5-6,14,21,23-28,34-36H2,1-4H3/t41-,53+,54-,60-,64+,66+/m0/s1. The number of ether oxygens (including phenoxy) is 3. The molecule has 4 aromatic carbocycles. The Morgan fingerprint density at radius 2 is 1.69 bits per heavy atom. The smallest absolute Gasteiger partial charge is 0.302 e. The van der Waals surface area contributed by atoms with Crippen molar-refractivity contribution in [1.82, 2.24) is 14.9 Å². The third kappa shape index (κ3) is 11.0. The molecule has 0 unspecified atom stereocenters. The average molecular weight is 1090 g/mol. The monoisotopic (exact) mass is 1090 g/mol. The third-order valence-corrected chi connectivity index (χ3v) is 17.5. The van der Waals surface area contributed by atoms with Crippen LogP contribution >= 0.6 is 0 Å². The van der Waals surface area contributed by atoms with Gasteiger partial charge < -0.3 is 54.4 Å². The highest BCUT2D eigenvalue weighted by molar-refractivity contribution is 5.98. The molecule has 6 aromatic rings. The summed E-state index contributed by atoms with van der Waals surface area (Å²) in [5.41, 5.74) is 5.53. The molecule has 418 valence electrons. The highest BCUT2D eigenvalue weighted by Crippen LogP contribution is 2.52. The Kier molecular flexibility index (Phi) is 15.2. The predicted octanol–water partition coefficient (Wildman–Crippen LogP) is 12.1. The number of phenolic OH excluding ortho intramolecular Hbond substituents is 3. The van der Waals surface area contributed by atoms with E-state index in [0.717, 1.165) is 68.5 Å². The van der Waals surface area contributed by atoms with E-state index in [1.54, 1.807) is 37.3 Å². The van der Waals surface area contributed by atoms with Crippen molar-refractivity contribution in [2.75, 3.05) is 25.1 Å². The fraction of sp³-hybridized carbons (Fsp3) is 0.358. The zero-order valence-electron chi connectivity index (χ0n) is 46.3. The topological polar surface area (TPSA) is 196 Å². The molecule has 6 bridgehead atoms. The average Bonchev–Trinajstić information content (AvgIpc) is 4.07. The van der Waals surface area contributed by atoms with Gasteiger partial charge in [-0.1, -0.05) is 85.7 Å². The van der Waals surface area contributed by atoms with Crippen molar-refractivity contribution in [3.8, 4) is 46.3 Å². The number of benzene rings is 4. The normalized spacial score (nSPS) is 23.5. The first kappa shape index (κ1) is 54.5. The summed E-state index contributed by atoms with van der Waals surface area (Å²) >= 11 is 0. The molecule has 1 spiro atoms. The molecule has 11 rings (SSSR count). The summed E-state index contributed by atoms with van der Waals surface area (Å²) in [4.78, 5) is 47.1. The minimum Gasteiger partial charge on any atom is -0.508 e. The number of phenols is 3. The fourth-order valence-electron chi connectivity index (χ4n) is 13.4. The second-order valence-electron chi connectivity index (χ2n) is 22.7. The summed E-state index contributed by atoms with van der Waals surface area (Å²) in [6.45, 7) is 5.92. The first-order valence-corrected chi connectivity index (χ1v) is 28.3. The van der Waals surface area contributed by atoms with Crippen LogP contribution in [0.5, 0.6) is 34.5 Å². The van der Waals surface area contributed by atoms with Gasteiger partial charge in [0, 0.05) is 98.7 Å². The van der Waals surface area contributed by atoms with Crippen molar-refractivity contribution in [2.24, 2.45) is 11.3 Å². The molecule has 0 radical (unpaired) electrons. The highest BCUT2D eigenvalue weighted by atomic mass is 16.5. The SMILES string of the molecule is COc1cc([C@@H]2CC(=O)C[C@H](OC(C)=O)CC[C@]34Cc5c[nH]cc5[C@H](C#CCC3=CC=C[C@@H]4C)[C@H](c3cccc(O)c3)C3=CCNC(=C3)N(CCC(C)=O)c3ccc(C4(O)CCCC4)c4cn2cc34)cc(O)c1Oc1cccc(O)c1. The van der Waals surface area contributed by atoms with Gasteiger partial charge in [-0.25, -0.2) is 0 Å². The van der Waals surface area contributed by atoms with Crippen molar-refractivity contribution >= 4 is 34.0 Å². The van der Waals surface area contributed by atoms with E-state index >= 15 is 4.79 Å². The number of aliphatic hydroxyl groups is 1. The number of aromatic amines is 1. The molecule has 81 heavy (non-hydrogen) atoms. The highest BCUT2D eigenvalue weighted by Gasteiger charge is 2.43. The van der Waals surface area contributed by atoms with Crippen LogP contribution in [0.2, 0.25) is 0 Å². The zero-order valence-corrected chi connectivity index (χ0v) is 46.3. The summed E-state index contributed by atoms with van der Waals surface area (Å²) in [6.07, 6.45) is 23.0. The van der Waals surface area contributed by atoms with Crippen molar-refractivity contribution < 1.29 is 49.0 Å². The van der Waals surface area contributed by atoms with E-state index in [-0.39, 0.29) is 83.1 Å².